The molecule has 0 atom stereocenters. The zero-order valence-electron chi connectivity index (χ0n) is 12.4. The second-order valence-electron chi connectivity index (χ2n) is 4.48. The topological polar surface area (TPSA) is 116 Å². The molecule has 1 aromatic rings. The van der Waals surface area contributed by atoms with E-state index in [4.69, 9.17) is 10.5 Å². The van der Waals surface area contributed by atoms with E-state index in [0.717, 1.165) is 6.07 Å². The number of carbonyl (C=O) groups excluding carboxylic acids is 2. The number of ether oxygens (including phenoxy) is 1. The van der Waals surface area contributed by atoms with Gasteiger partial charge in [-0.2, -0.15) is 0 Å². The molecule has 0 aliphatic rings. The van der Waals surface area contributed by atoms with Gasteiger partial charge in [-0.15, -0.1) is 13.2 Å². The van der Waals surface area contributed by atoms with Crippen LogP contribution >= 0.6 is 0 Å². The Kier molecular flexibility index (Phi) is 6.47. The zero-order chi connectivity index (χ0) is 17.4. The molecule has 8 heteroatoms. The number of nitrogens with two attached hydrogens (primary N) is 1. The Labute approximate surface area is 133 Å². The van der Waals surface area contributed by atoms with Crippen LogP contribution in [0, 0.1) is 10.1 Å². The van der Waals surface area contributed by atoms with Crippen molar-refractivity contribution in [1.29, 1.82) is 0 Å². The van der Waals surface area contributed by atoms with E-state index in [1.165, 1.54) is 29.2 Å². The monoisotopic (exact) mass is 319 g/mol. The molecule has 0 heterocycles. The Morgan fingerprint density at radius 3 is 2.43 bits per heavy atom. The fourth-order valence-corrected chi connectivity index (χ4v) is 1.72. The van der Waals surface area contributed by atoms with E-state index < -0.39 is 29.1 Å². The lowest BCUT2D eigenvalue weighted by molar-refractivity contribution is -0.383. The standard InChI is InChI=1S/C15H17N3O5/c1-3-7-17(8-4-2)14(19)10-23-15(20)11-5-6-12(16)13(9-11)18(21)22/h3-6,9H,1-2,7-8,10,16H2. The predicted octanol–water partition coefficient (Wildman–Crippen LogP) is 1.53. The van der Waals surface area contributed by atoms with Gasteiger partial charge in [-0.3, -0.25) is 14.9 Å². The lowest BCUT2D eigenvalue weighted by Crippen LogP contribution is -2.35. The molecule has 2 N–H and O–H groups in total. The van der Waals surface area contributed by atoms with Crippen molar-refractivity contribution in [2.24, 2.45) is 0 Å². The van der Waals surface area contributed by atoms with Crippen LogP contribution in [0.3, 0.4) is 0 Å². The van der Waals surface area contributed by atoms with E-state index in [1.807, 2.05) is 0 Å². The minimum Gasteiger partial charge on any atom is -0.452 e. The van der Waals surface area contributed by atoms with E-state index in [0.29, 0.717) is 0 Å². The van der Waals surface area contributed by atoms with E-state index in [2.05, 4.69) is 13.2 Å². The van der Waals surface area contributed by atoms with Gasteiger partial charge in [-0.05, 0) is 12.1 Å². The minimum absolute atomic E-state index is 0.0577. The molecule has 0 fully saturated rings. The molecule has 23 heavy (non-hydrogen) atoms. The quantitative estimate of drug-likeness (QED) is 0.255. The summed E-state index contributed by atoms with van der Waals surface area (Å²) in [5.41, 5.74) is 4.93. The summed E-state index contributed by atoms with van der Waals surface area (Å²) in [4.78, 5) is 35.3. The van der Waals surface area contributed by atoms with Crippen LogP contribution in [0.15, 0.2) is 43.5 Å². The maximum absolute atomic E-state index is 11.9. The number of anilines is 1. The number of nitrogens with zero attached hydrogens (tertiary/aromatic N) is 2. The summed E-state index contributed by atoms with van der Waals surface area (Å²) in [6.07, 6.45) is 3.07. The van der Waals surface area contributed by atoms with Crippen LogP contribution in [-0.4, -0.2) is 41.4 Å². The number of nitro groups is 1. The number of hydrogen-bond acceptors (Lipinski definition) is 6. The maximum Gasteiger partial charge on any atom is 0.338 e. The average molecular weight is 319 g/mol. The van der Waals surface area contributed by atoms with Gasteiger partial charge in [0.2, 0.25) is 0 Å². The third-order valence-corrected chi connectivity index (χ3v) is 2.84. The van der Waals surface area contributed by atoms with Crippen molar-refractivity contribution in [2.75, 3.05) is 25.4 Å². The normalized spacial score (nSPS) is 9.74. The highest BCUT2D eigenvalue weighted by atomic mass is 16.6. The number of carbonyl (C=O) groups is 2. The zero-order valence-corrected chi connectivity index (χ0v) is 12.4. The van der Waals surface area contributed by atoms with E-state index in [-0.39, 0.29) is 24.3 Å². The summed E-state index contributed by atoms with van der Waals surface area (Å²) >= 11 is 0. The molecular weight excluding hydrogens is 302 g/mol. The molecule has 1 amide bonds. The molecule has 0 saturated carbocycles. The second kappa shape index (κ2) is 8.32. The molecule has 0 bridgehead atoms. The molecule has 0 aliphatic carbocycles. The predicted molar refractivity (Wildman–Crippen MR) is 84.8 cm³/mol. The fraction of sp³-hybridized carbons (Fsp3) is 0.200. The SMILES string of the molecule is C=CCN(CC=C)C(=O)COC(=O)c1ccc(N)c([N+](=O)[O-])c1. The Balaban J connectivity index is 2.74. The summed E-state index contributed by atoms with van der Waals surface area (Å²) in [7, 11) is 0. The van der Waals surface area contributed by atoms with Crippen molar-refractivity contribution < 1.29 is 19.2 Å². The summed E-state index contributed by atoms with van der Waals surface area (Å²) < 4.78 is 4.88. The summed E-state index contributed by atoms with van der Waals surface area (Å²) in [5.74, 6) is -1.28. The average Bonchev–Trinajstić information content (AvgIpc) is 2.52. The second-order valence-corrected chi connectivity index (χ2v) is 4.48. The number of hydrogen-bond donors (Lipinski definition) is 1. The van der Waals surface area contributed by atoms with Crippen molar-refractivity contribution in [3.8, 4) is 0 Å². The highest BCUT2D eigenvalue weighted by molar-refractivity contribution is 5.92. The molecule has 122 valence electrons. The maximum atomic E-state index is 11.9. The van der Waals surface area contributed by atoms with Crippen LogP contribution in [-0.2, 0) is 9.53 Å². The third kappa shape index (κ3) is 4.95. The Bertz CT molecular complexity index is 632. The van der Waals surface area contributed by atoms with Crippen LogP contribution in [0.2, 0.25) is 0 Å². The van der Waals surface area contributed by atoms with Crippen molar-refractivity contribution in [3.63, 3.8) is 0 Å². The first-order valence-electron chi connectivity index (χ1n) is 6.61. The molecule has 1 rings (SSSR count). The van der Waals surface area contributed by atoms with Gasteiger partial charge in [0.15, 0.2) is 6.61 Å². The van der Waals surface area contributed by atoms with Crippen LogP contribution in [0.5, 0.6) is 0 Å². The van der Waals surface area contributed by atoms with Crippen molar-refractivity contribution in [2.45, 2.75) is 0 Å². The molecule has 1 aromatic carbocycles. The molecule has 8 nitrogen and oxygen atoms in total. The van der Waals surface area contributed by atoms with Crippen molar-refractivity contribution in [3.05, 3.63) is 59.2 Å². The van der Waals surface area contributed by atoms with Gasteiger partial charge in [0.05, 0.1) is 10.5 Å². The number of esters is 1. The fourth-order valence-electron chi connectivity index (χ4n) is 1.72. The lowest BCUT2D eigenvalue weighted by atomic mass is 10.2. The van der Waals surface area contributed by atoms with E-state index >= 15 is 0 Å². The van der Waals surface area contributed by atoms with Crippen LogP contribution in [0.25, 0.3) is 0 Å². The molecule has 0 saturated heterocycles. The van der Waals surface area contributed by atoms with E-state index in [1.54, 1.807) is 0 Å². The van der Waals surface area contributed by atoms with Gasteiger partial charge in [0.1, 0.15) is 5.69 Å². The first-order valence-corrected chi connectivity index (χ1v) is 6.61. The van der Waals surface area contributed by atoms with Crippen molar-refractivity contribution >= 4 is 23.3 Å². The highest BCUT2D eigenvalue weighted by Gasteiger charge is 2.18. The number of nitro benzene ring substituents is 1. The summed E-state index contributed by atoms with van der Waals surface area (Å²) in [5, 5.41) is 10.8. The first kappa shape index (κ1) is 17.9. The van der Waals surface area contributed by atoms with Gasteiger partial charge in [0.25, 0.3) is 11.6 Å². The Morgan fingerprint density at radius 1 is 1.30 bits per heavy atom. The van der Waals surface area contributed by atoms with Crippen molar-refractivity contribution in [1.82, 2.24) is 4.90 Å². The highest BCUT2D eigenvalue weighted by Crippen LogP contribution is 2.22. The van der Waals surface area contributed by atoms with Crippen LogP contribution < -0.4 is 5.73 Å². The van der Waals surface area contributed by atoms with Crippen LogP contribution in [0.1, 0.15) is 10.4 Å². The molecule has 0 spiro atoms. The van der Waals surface area contributed by atoms with Gasteiger partial charge < -0.3 is 15.4 Å². The number of benzene rings is 1. The number of amides is 1. The van der Waals surface area contributed by atoms with E-state index in [9.17, 15) is 19.7 Å². The lowest BCUT2D eigenvalue weighted by Gasteiger charge is -2.18. The number of nitrogen functional groups attached to an aromatic ring is 1. The molecule has 0 aromatic heterocycles. The summed E-state index contributed by atoms with van der Waals surface area (Å²) in [6.45, 7) is 7.15. The van der Waals surface area contributed by atoms with Gasteiger partial charge in [0, 0.05) is 19.2 Å². The molecule has 0 aliphatic heterocycles. The summed E-state index contributed by atoms with van der Waals surface area (Å²) in [6, 6.07) is 3.53. The minimum atomic E-state index is -0.849. The van der Waals surface area contributed by atoms with Gasteiger partial charge >= 0.3 is 5.97 Å². The largest absolute Gasteiger partial charge is 0.452 e. The van der Waals surface area contributed by atoms with Gasteiger partial charge in [-0.1, -0.05) is 12.2 Å². The van der Waals surface area contributed by atoms with Gasteiger partial charge in [-0.25, -0.2) is 4.79 Å². The smallest absolute Gasteiger partial charge is 0.338 e. The Hall–Kier alpha value is -3.16. The number of rotatable bonds is 8. The Morgan fingerprint density at radius 2 is 1.91 bits per heavy atom. The molecule has 0 radical (unpaired) electrons. The third-order valence-electron chi connectivity index (χ3n) is 2.84. The molecule has 0 unspecified atom stereocenters. The first-order chi connectivity index (χ1) is 10.9. The molecular formula is C15H17N3O5. The van der Waals surface area contributed by atoms with Crippen LogP contribution in [0.4, 0.5) is 11.4 Å².